The third-order valence-electron chi connectivity index (χ3n) is 7.50. The molecule has 0 radical (unpaired) electrons. The maximum Gasteiger partial charge on any atom is 0.317 e. The minimum absolute atomic E-state index is 0.0229. The fourth-order valence-corrected chi connectivity index (χ4v) is 5.82. The maximum absolute atomic E-state index is 16.1. The van der Waals surface area contributed by atoms with Crippen molar-refractivity contribution in [1.82, 2.24) is 19.9 Å². The number of benzene rings is 2. The molecule has 0 spiro atoms. The van der Waals surface area contributed by atoms with E-state index in [1.165, 1.54) is 37.6 Å². The van der Waals surface area contributed by atoms with Gasteiger partial charge in [-0.2, -0.15) is 4.98 Å². The molecule has 0 amide bonds. The van der Waals surface area contributed by atoms with Crippen molar-refractivity contribution in [3.05, 3.63) is 47.7 Å². The van der Waals surface area contributed by atoms with Crippen molar-refractivity contribution in [1.29, 1.82) is 0 Å². The number of hydrogen-bond donors (Lipinski definition) is 1. The Labute approximate surface area is 216 Å². The number of terminal acetylenes is 1. The Bertz CT molecular complexity index is 1640. The first-order chi connectivity index (χ1) is 18.3. The van der Waals surface area contributed by atoms with Crippen LogP contribution in [0.25, 0.3) is 32.9 Å². The lowest BCUT2D eigenvalue weighted by molar-refractivity contribution is 0.107. The van der Waals surface area contributed by atoms with Gasteiger partial charge < -0.3 is 14.6 Å². The molecule has 4 heterocycles. The monoisotopic (exact) mass is 520 g/mol. The number of aromatic nitrogens is 3. The Morgan fingerprint density at radius 2 is 2.11 bits per heavy atom. The number of rotatable bonds is 5. The number of pyridine rings is 1. The van der Waals surface area contributed by atoms with E-state index in [0.29, 0.717) is 18.4 Å². The molecule has 2 aliphatic rings. The number of halogens is 3. The fraction of sp³-hybridized carbons (Fsp3) is 0.321. The van der Waals surface area contributed by atoms with Gasteiger partial charge in [-0.3, -0.25) is 4.90 Å². The van der Waals surface area contributed by atoms with Gasteiger partial charge in [0.2, 0.25) is 5.88 Å². The molecule has 1 N–H and O–H groups in total. The van der Waals surface area contributed by atoms with Gasteiger partial charge in [0.15, 0.2) is 5.82 Å². The van der Waals surface area contributed by atoms with E-state index in [9.17, 15) is 13.9 Å². The summed E-state index contributed by atoms with van der Waals surface area (Å²) in [5.41, 5.74) is -0.812. The zero-order valence-corrected chi connectivity index (χ0v) is 20.5. The molecule has 2 saturated heterocycles. The summed E-state index contributed by atoms with van der Waals surface area (Å²) in [5.74, 6) is 0.636. The van der Waals surface area contributed by atoms with Gasteiger partial charge in [-0.05, 0) is 43.0 Å². The predicted molar refractivity (Wildman–Crippen MR) is 135 cm³/mol. The van der Waals surface area contributed by atoms with E-state index >= 15 is 4.39 Å². The quantitative estimate of drug-likeness (QED) is 0.380. The molecule has 194 valence electrons. The highest BCUT2D eigenvalue weighted by Gasteiger charge is 2.49. The van der Waals surface area contributed by atoms with Crippen LogP contribution in [0.4, 0.5) is 13.2 Å². The second kappa shape index (κ2) is 9.03. The summed E-state index contributed by atoms with van der Waals surface area (Å²) in [6.45, 7) is 1.36. The standard InChI is InChI=1S/C28H23F3N4O3/c1-3-18-21(30)6-5-15-9-17(36)10-19(22(15)18)24-23(31)25-20(26(33-24)37-2)12-32-27(34-25)38-14-28-7-4-8-35(28)13-16(29)11-28/h1,5-6,9-10,12,16,36H,4,7-8,11,13-14H2,2H3/t16-,28+/m1/s1. The summed E-state index contributed by atoms with van der Waals surface area (Å²) in [6.07, 6.45) is 8.14. The largest absolute Gasteiger partial charge is 0.508 e. The zero-order chi connectivity index (χ0) is 26.6. The summed E-state index contributed by atoms with van der Waals surface area (Å²) in [7, 11) is 1.36. The number of phenols is 1. The molecule has 0 bridgehead atoms. The van der Waals surface area contributed by atoms with Gasteiger partial charge in [-0.15, -0.1) is 6.42 Å². The lowest BCUT2D eigenvalue weighted by Crippen LogP contribution is -2.43. The van der Waals surface area contributed by atoms with Crippen LogP contribution >= 0.6 is 0 Å². The van der Waals surface area contributed by atoms with Crippen LogP contribution in [0.2, 0.25) is 0 Å². The van der Waals surface area contributed by atoms with Crippen molar-refractivity contribution in [3.8, 4) is 41.2 Å². The summed E-state index contributed by atoms with van der Waals surface area (Å²) < 4.78 is 56.1. The van der Waals surface area contributed by atoms with Gasteiger partial charge in [0.25, 0.3) is 0 Å². The van der Waals surface area contributed by atoms with E-state index in [-0.39, 0.29) is 57.4 Å². The highest BCUT2D eigenvalue weighted by Crippen LogP contribution is 2.41. The molecule has 2 aromatic carbocycles. The van der Waals surface area contributed by atoms with E-state index in [1.807, 2.05) is 0 Å². The minimum atomic E-state index is -0.915. The molecular weight excluding hydrogens is 497 g/mol. The van der Waals surface area contributed by atoms with Crippen molar-refractivity contribution in [2.24, 2.45) is 0 Å². The molecule has 0 unspecified atom stereocenters. The third kappa shape index (κ3) is 3.77. The Kier molecular flexibility index (Phi) is 5.76. The Morgan fingerprint density at radius 3 is 2.89 bits per heavy atom. The number of aromatic hydroxyl groups is 1. The molecule has 10 heteroatoms. The number of alkyl halides is 1. The summed E-state index contributed by atoms with van der Waals surface area (Å²) >= 11 is 0. The molecule has 7 nitrogen and oxygen atoms in total. The van der Waals surface area contributed by atoms with E-state index in [4.69, 9.17) is 15.9 Å². The number of phenolic OH excluding ortho intramolecular Hbond substituents is 1. The smallest absolute Gasteiger partial charge is 0.317 e. The molecule has 6 rings (SSSR count). The first-order valence-corrected chi connectivity index (χ1v) is 12.2. The van der Waals surface area contributed by atoms with E-state index in [2.05, 4.69) is 25.8 Å². The highest BCUT2D eigenvalue weighted by atomic mass is 19.1. The van der Waals surface area contributed by atoms with Crippen molar-refractivity contribution >= 4 is 21.7 Å². The second-order valence-corrected chi connectivity index (χ2v) is 9.72. The lowest BCUT2D eigenvalue weighted by Gasteiger charge is -2.30. The molecule has 2 atom stereocenters. The van der Waals surface area contributed by atoms with Gasteiger partial charge >= 0.3 is 6.01 Å². The maximum atomic E-state index is 16.1. The Morgan fingerprint density at radius 1 is 1.26 bits per heavy atom. The molecular formula is C28H23F3N4O3. The van der Waals surface area contributed by atoms with Crippen LogP contribution in [0.1, 0.15) is 24.8 Å². The van der Waals surface area contributed by atoms with Crippen LogP contribution in [-0.4, -0.2) is 63.5 Å². The van der Waals surface area contributed by atoms with Gasteiger partial charge in [-0.1, -0.05) is 12.0 Å². The minimum Gasteiger partial charge on any atom is -0.508 e. The molecule has 0 aliphatic carbocycles. The second-order valence-electron chi connectivity index (χ2n) is 9.72. The molecule has 4 aromatic rings. The number of fused-ring (bicyclic) bond motifs is 3. The summed E-state index contributed by atoms with van der Waals surface area (Å²) in [6, 6.07) is 5.22. The number of ether oxygens (including phenoxy) is 2. The molecule has 2 aromatic heterocycles. The van der Waals surface area contributed by atoms with E-state index < -0.39 is 23.3 Å². The zero-order valence-electron chi connectivity index (χ0n) is 20.5. The predicted octanol–water partition coefficient (Wildman–Crippen LogP) is 4.77. The summed E-state index contributed by atoms with van der Waals surface area (Å²) in [5, 5.41) is 11.2. The van der Waals surface area contributed by atoms with Gasteiger partial charge in [0.05, 0.1) is 23.6 Å². The third-order valence-corrected chi connectivity index (χ3v) is 7.50. The number of nitrogens with zero attached hydrogens (tertiary/aromatic N) is 4. The number of hydrogen-bond acceptors (Lipinski definition) is 7. The summed E-state index contributed by atoms with van der Waals surface area (Å²) in [4.78, 5) is 14.9. The molecule has 0 saturated carbocycles. The lowest BCUT2D eigenvalue weighted by atomic mass is 9.95. The number of methoxy groups -OCH3 is 1. The van der Waals surface area contributed by atoms with E-state index in [0.717, 1.165) is 19.4 Å². The van der Waals surface area contributed by atoms with Crippen molar-refractivity contribution in [3.63, 3.8) is 0 Å². The van der Waals surface area contributed by atoms with Crippen molar-refractivity contribution < 1.29 is 27.8 Å². The van der Waals surface area contributed by atoms with Crippen LogP contribution in [0, 0.1) is 24.0 Å². The Hall–Kier alpha value is -4.10. The first-order valence-electron chi connectivity index (χ1n) is 12.2. The first kappa shape index (κ1) is 24.2. The van der Waals surface area contributed by atoms with Crippen LogP contribution in [-0.2, 0) is 0 Å². The van der Waals surface area contributed by atoms with Crippen LogP contribution in [0.15, 0.2) is 30.5 Å². The Balaban J connectivity index is 1.48. The van der Waals surface area contributed by atoms with Gasteiger partial charge in [-0.25, -0.2) is 23.1 Å². The van der Waals surface area contributed by atoms with E-state index in [1.54, 1.807) is 0 Å². The average molecular weight is 521 g/mol. The average Bonchev–Trinajstić information content (AvgIpc) is 3.43. The van der Waals surface area contributed by atoms with Crippen LogP contribution < -0.4 is 9.47 Å². The van der Waals surface area contributed by atoms with Crippen LogP contribution in [0.5, 0.6) is 17.6 Å². The van der Waals surface area contributed by atoms with Crippen molar-refractivity contribution in [2.45, 2.75) is 31.0 Å². The molecule has 2 fully saturated rings. The molecule has 38 heavy (non-hydrogen) atoms. The SMILES string of the molecule is C#Cc1c(F)ccc2cc(O)cc(-c3nc(OC)c4cnc(OC[C@@]56CCCN5C[C@H](F)C6)nc4c3F)c12. The normalized spacial score (nSPS) is 21.1. The van der Waals surface area contributed by atoms with Gasteiger partial charge in [0.1, 0.15) is 35.6 Å². The molecule has 2 aliphatic heterocycles. The van der Waals surface area contributed by atoms with Gasteiger partial charge in [0, 0.05) is 30.1 Å². The van der Waals surface area contributed by atoms with Crippen molar-refractivity contribution in [2.75, 3.05) is 26.8 Å². The highest BCUT2D eigenvalue weighted by molar-refractivity contribution is 6.02. The fourth-order valence-electron chi connectivity index (χ4n) is 5.82. The topological polar surface area (TPSA) is 80.6 Å². The van der Waals surface area contributed by atoms with Crippen LogP contribution in [0.3, 0.4) is 0 Å².